The van der Waals surface area contributed by atoms with Crippen LogP contribution in [0, 0.1) is 0 Å². The summed E-state index contributed by atoms with van der Waals surface area (Å²) in [6.07, 6.45) is 3.54. The molecule has 6 heteroatoms. The van der Waals surface area contributed by atoms with Gasteiger partial charge in [-0.15, -0.1) is 5.10 Å². The largest absolute Gasteiger partial charge is 0.360 e. The van der Waals surface area contributed by atoms with Crippen molar-refractivity contribution in [1.82, 2.24) is 20.2 Å². The molecule has 5 nitrogen and oxygen atoms in total. The smallest absolute Gasteiger partial charge is 0.181 e. The van der Waals surface area contributed by atoms with Gasteiger partial charge in [0, 0.05) is 12.3 Å². The number of benzene rings is 2. The van der Waals surface area contributed by atoms with Crippen molar-refractivity contribution in [3.8, 4) is 5.69 Å². The van der Waals surface area contributed by atoms with E-state index in [0.29, 0.717) is 10.8 Å². The Morgan fingerprint density at radius 1 is 1.00 bits per heavy atom. The van der Waals surface area contributed by atoms with E-state index in [4.69, 9.17) is 11.6 Å². The molecule has 0 aliphatic carbocycles. The predicted molar refractivity (Wildman–Crippen MR) is 83.3 cm³/mol. The molecule has 1 aromatic heterocycles. The van der Waals surface area contributed by atoms with Crippen molar-refractivity contribution < 1.29 is 0 Å². The zero-order valence-corrected chi connectivity index (χ0v) is 11.8. The molecule has 3 rings (SSSR count). The Labute approximate surface area is 126 Å². The number of tetrazole rings is 1. The highest BCUT2D eigenvalue weighted by Crippen LogP contribution is 2.20. The quantitative estimate of drug-likeness (QED) is 0.802. The van der Waals surface area contributed by atoms with Gasteiger partial charge in [0.25, 0.3) is 0 Å². The molecule has 0 aliphatic heterocycles. The van der Waals surface area contributed by atoms with Crippen LogP contribution in [0.1, 0.15) is 5.82 Å². The van der Waals surface area contributed by atoms with Gasteiger partial charge in [0.2, 0.25) is 0 Å². The van der Waals surface area contributed by atoms with Crippen LogP contribution < -0.4 is 5.32 Å². The third-order valence-corrected chi connectivity index (χ3v) is 3.17. The van der Waals surface area contributed by atoms with E-state index in [1.165, 1.54) is 0 Å². The van der Waals surface area contributed by atoms with E-state index >= 15 is 0 Å². The molecule has 1 heterocycles. The van der Waals surface area contributed by atoms with E-state index in [-0.39, 0.29) is 0 Å². The monoisotopic (exact) mass is 297 g/mol. The summed E-state index contributed by atoms with van der Waals surface area (Å²) in [5, 5.41) is 15.4. The number of nitrogens with one attached hydrogen (secondary N) is 1. The number of nitrogens with zero attached hydrogens (tertiary/aromatic N) is 4. The molecule has 3 aromatic rings. The van der Waals surface area contributed by atoms with Crippen molar-refractivity contribution in [3.05, 3.63) is 71.6 Å². The van der Waals surface area contributed by atoms with E-state index in [1.54, 1.807) is 17.0 Å². The highest BCUT2D eigenvalue weighted by molar-refractivity contribution is 6.33. The Kier molecular flexibility index (Phi) is 3.93. The second kappa shape index (κ2) is 6.19. The Bertz CT molecular complexity index is 752. The van der Waals surface area contributed by atoms with Gasteiger partial charge in [-0.2, -0.15) is 4.68 Å². The molecule has 0 atom stereocenters. The average Bonchev–Trinajstić information content (AvgIpc) is 2.99. The molecule has 0 fully saturated rings. The van der Waals surface area contributed by atoms with Crippen molar-refractivity contribution in [2.75, 3.05) is 5.32 Å². The van der Waals surface area contributed by atoms with Crippen LogP contribution >= 0.6 is 11.6 Å². The fourth-order valence-electron chi connectivity index (χ4n) is 1.84. The van der Waals surface area contributed by atoms with Gasteiger partial charge in [-0.25, -0.2) is 0 Å². The van der Waals surface area contributed by atoms with Gasteiger partial charge in [-0.05, 0) is 34.7 Å². The van der Waals surface area contributed by atoms with Crippen LogP contribution in [0.5, 0.6) is 0 Å². The molecule has 0 bridgehead atoms. The summed E-state index contributed by atoms with van der Waals surface area (Å²) < 4.78 is 1.66. The van der Waals surface area contributed by atoms with E-state index in [0.717, 1.165) is 11.4 Å². The van der Waals surface area contributed by atoms with Gasteiger partial charge in [-0.1, -0.05) is 41.9 Å². The van der Waals surface area contributed by atoms with Crippen molar-refractivity contribution in [1.29, 1.82) is 0 Å². The third-order valence-electron chi connectivity index (χ3n) is 2.84. The minimum Gasteiger partial charge on any atom is -0.360 e. The van der Waals surface area contributed by atoms with Gasteiger partial charge < -0.3 is 5.32 Å². The molecule has 1 N–H and O–H groups in total. The second-order valence-corrected chi connectivity index (χ2v) is 4.65. The van der Waals surface area contributed by atoms with E-state index in [9.17, 15) is 0 Å². The molecule has 2 aromatic carbocycles. The molecule has 0 unspecified atom stereocenters. The van der Waals surface area contributed by atoms with Crippen LogP contribution in [0.4, 0.5) is 5.69 Å². The van der Waals surface area contributed by atoms with Crippen LogP contribution in [0.2, 0.25) is 5.02 Å². The number of rotatable bonds is 4. The first-order valence-electron chi connectivity index (χ1n) is 6.36. The first-order chi connectivity index (χ1) is 10.3. The van der Waals surface area contributed by atoms with E-state index in [2.05, 4.69) is 20.8 Å². The maximum absolute atomic E-state index is 6.07. The minimum atomic E-state index is 0.626. The molecule has 21 heavy (non-hydrogen) atoms. The van der Waals surface area contributed by atoms with Gasteiger partial charge >= 0.3 is 0 Å². The number of hydrogen-bond acceptors (Lipinski definition) is 4. The minimum absolute atomic E-state index is 0.626. The fourth-order valence-corrected chi connectivity index (χ4v) is 2.03. The molecule has 104 valence electrons. The van der Waals surface area contributed by atoms with Gasteiger partial charge in [-0.3, -0.25) is 0 Å². The first-order valence-corrected chi connectivity index (χ1v) is 6.74. The number of para-hydroxylation sites is 2. The summed E-state index contributed by atoms with van der Waals surface area (Å²) in [5.74, 6) is 0.626. The highest BCUT2D eigenvalue weighted by Gasteiger charge is 2.04. The zero-order valence-electron chi connectivity index (χ0n) is 11.0. The van der Waals surface area contributed by atoms with Crippen LogP contribution in [-0.4, -0.2) is 20.2 Å². The van der Waals surface area contributed by atoms with Gasteiger partial charge in [0.1, 0.15) is 0 Å². The number of anilines is 1. The standard InChI is InChI=1S/C15H12ClN5/c16-13-8-4-5-9-14(13)17-11-10-15-18-19-20-21(15)12-6-2-1-3-7-12/h1-11,17H/b11-10-. The van der Waals surface area contributed by atoms with Gasteiger partial charge in [0.05, 0.1) is 16.4 Å². The predicted octanol–water partition coefficient (Wildman–Crippen LogP) is 3.40. The van der Waals surface area contributed by atoms with Crippen LogP contribution in [-0.2, 0) is 0 Å². The summed E-state index contributed by atoms with van der Waals surface area (Å²) in [6, 6.07) is 17.2. The summed E-state index contributed by atoms with van der Waals surface area (Å²) in [7, 11) is 0. The molecule has 0 radical (unpaired) electrons. The molecule has 0 saturated heterocycles. The van der Waals surface area contributed by atoms with E-state index < -0.39 is 0 Å². The lowest BCUT2D eigenvalue weighted by molar-refractivity contribution is 0.787. The Balaban J connectivity index is 1.79. The molecule has 0 saturated carbocycles. The van der Waals surface area contributed by atoms with Crippen molar-refractivity contribution >= 4 is 23.4 Å². The van der Waals surface area contributed by atoms with Crippen LogP contribution in [0.3, 0.4) is 0 Å². The molecule has 0 amide bonds. The number of hydrogen-bond donors (Lipinski definition) is 1. The van der Waals surface area contributed by atoms with Crippen LogP contribution in [0.25, 0.3) is 11.8 Å². The number of halogens is 1. The maximum Gasteiger partial charge on any atom is 0.181 e. The third kappa shape index (κ3) is 3.09. The average molecular weight is 298 g/mol. The van der Waals surface area contributed by atoms with Crippen molar-refractivity contribution in [2.24, 2.45) is 0 Å². The summed E-state index contributed by atoms with van der Waals surface area (Å²) in [5.41, 5.74) is 1.73. The zero-order chi connectivity index (χ0) is 14.5. The topological polar surface area (TPSA) is 55.6 Å². The Morgan fingerprint density at radius 3 is 2.57 bits per heavy atom. The molecular weight excluding hydrogens is 286 g/mol. The molecule has 0 aliphatic rings. The summed E-state index contributed by atoms with van der Waals surface area (Å²) in [4.78, 5) is 0. The molecule has 0 spiro atoms. The second-order valence-electron chi connectivity index (χ2n) is 4.24. The first kappa shape index (κ1) is 13.3. The van der Waals surface area contributed by atoms with Crippen molar-refractivity contribution in [2.45, 2.75) is 0 Å². The number of aromatic nitrogens is 4. The Hall–Kier alpha value is -2.66. The fraction of sp³-hybridized carbons (Fsp3) is 0. The van der Waals surface area contributed by atoms with E-state index in [1.807, 2.05) is 54.6 Å². The Morgan fingerprint density at radius 2 is 1.76 bits per heavy atom. The lowest BCUT2D eigenvalue weighted by atomic mass is 10.3. The van der Waals surface area contributed by atoms with Crippen molar-refractivity contribution in [3.63, 3.8) is 0 Å². The highest BCUT2D eigenvalue weighted by atomic mass is 35.5. The lowest BCUT2D eigenvalue weighted by Gasteiger charge is -2.03. The SMILES string of the molecule is Clc1ccccc1N/C=C\c1nnnn1-c1ccccc1. The van der Waals surface area contributed by atoms with Gasteiger partial charge in [0.15, 0.2) is 5.82 Å². The summed E-state index contributed by atoms with van der Waals surface area (Å²) >= 11 is 6.07. The van der Waals surface area contributed by atoms with Crippen LogP contribution in [0.15, 0.2) is 60.8 Å². The maximum atomic E-state index is 6.07. The normalized spacial score (nSPS) is 10.9. The lowest BCUT2D eigenvalue weighted by Crippen LogP contribution is -1.99. The molecular formula is C15H12ClN5. The summed E-state index contributed by atoms with van der Waals surface area (Å²) in [6.45, 7) is 0.